The Hall–Kier alpha value is -1.35. The van der Waals surface area contributed by atoms with Crippen LogP contribution in [0.5, 0.6) is 0 Å². The molecule has 0 aliphatic rings. The van der Waals surface area contributed by atoms with Crippen molar-refractivity contribution in [2.45, 2.75) is 31.5 Å². The van der Waals surface area contributed by atoms with Gasteiger partial charge in [0.25, 0.3) is 0 Å². The van der Waals surface area contributed by atoms with Crippen LogP contribution in [0.15, 0.2) is 0 Å². The van der Waals surface area contributed by atoms with Gasteiger partial charge < -0.3 is 25.4 Å². The lowest BCUT2D eigenvalue weighted by atomic mass is 10.1. The zero-order chi connectivity index (χ0) is 17.3. The van der Waals surface area contributed by atoms with Crippen molar-refractivity contribution < 1.29 is 32.3 Å². The van der Waals surface area contributed by atoms with Crippen LogP contribution in [0.2, 0.25) is 0 Å². The first-order chi connectivity index (χ1) is 9.29. The lowest BCUT2D eigenvalue weighted by molar-refractivity contribution is -0.849. The predicted molar refractivity (Wildman–Crippen MR) is 69.9 cm³/mol. The summed E-state index contributed by atoms with van der Waals surface area (Å²) >= 11 is 0. The van der Waals surface area contributed by atoms with E-state index >= 15 is 0 Å². The van der Waals surface area contributed by atoms with Crippen LogP contribution < -0.4 is 16.2 Å². The monoisotopic (exact) mass is 315 g/mol. The number of nitrogens with two attached hydrogens (primary N) is 1. The number of aliphatic carboxylic acids is 1. The number of amides is 1. The number of alkyl halides is 3. The smallest absolute Gasteiger partial charge is 0.471 e. The summed E-state index contributed by atoms with van der Waals surface area (Å²) in [5.41, 5.74) is 5.13. The first kappa shape index (κ1) is 21.9. The number of carbonyl (C=O) groups is 2. The van der Waals surface area contributed by atoms with Gasteiger partial charge in [-0.25, -0.2) is 0 Å². The maximum absolute atomic E-state index is 11.8. The molecule has 3 N–H and O–H groups in total. The molecule has 0 radical (unpaired) electrons. The molecule has 0 saturated carbocycles. The Morgan fingerprint density at radius 2 is 1.62 bits per heavy atom. The topological polar surface area (TPSA) is 95.2 Å². The highest BCUT2D eigenvalue weighted by atomic mass is 19.4. The largest absolute Gasteiger partial charge is 0.548 e. The van der Waals surface area contributed by atoms with E-state index in [1.165, 1.54) is 5.32 Å². The molecule has 0 spiro atoms. The van der Waals surface area contributed by atoms with Crippen LogP contribution in [-0.2, 0) is 9.59 Å². The van der Waals surface area contributed by atoms with Gasteiger partial charge in [0.15, 0.2) is 0 Å². The lowest BCUT2D eigenvalue weighted by Crippen LogP contribution is -2.51. The Labute approximate surface area is 122 Å². The molecule has 6 nitrogen and oxygen atoms in total. The average Bonchev–Trinajstić information content (AvgIpc) is 2.23. The Kier molecular flexibility index (Phi) is 9.99. The summed E-state index contributed by atoms with van der Waals surface area (Å²) in [7, 11) is 8.50. The van der Waals surface area contributed by atoms with Gasteiger partial charge in [-0.1, -0.05) is 0 Å². The number of carbonyl (C=O) groups excluding carboxylic acids is 2. The number of rotatable bonds is 6. The quantitative estimate of drug-likeness (QED) is 0.497. The molecule has 1 atom stereocenters. The molecule has 0 unspecified atom stereocenters. The third-order valence-corrected chi connectivity index (χ3v) is 1.79. The zero-order valence-corrected chi connectivity index (χ0v) is 12.8. The van der Waals surface area contributed by atoms with Crippen molar-refractivity contribution in [3.63, 3.8) is 0 Å². The molecule has 0 fully saturated rings. The number of nitrogens with one attached hydrogen (secondary N) is 1. The van der Waals surface area contributed by atoms with Crippen LogP contribution in [0, 0.1) is 0 Å². The van der Waals surface area contributed by atoms with E-state index in [-0.39, 0.29) is 6.42 Å². The molecule has 21 heavy (non-hydrogen) atoms. The summed E-state index contributed by atoms with van der Waals surface area (Å²) in [5, 5.41) is 11.8. The van der Waals surface area contributed by atoms with E-state index in [9.17, 15) is 27.9 Å². The fraction of sp³-hybridized carbons (Fsp3) is 0.833. The molecule has 0 saturated heterocycles. The third-order valence-electron chi connectivity index (χ3n) is 1.79. The van der Waals surface area contributed by atoms with Crippen molar-refractivity contribution in [3.05, 3.63) is 0 Å². The van der Waals surface area contributed by atoms with Crippen molar-refractivity contribution in [1.82, 2.24) is 5.32 Å². The molecule has 9 heteroatoms. The molecule has 0 bridgehead atoms. The van der Waals surface area contributed by atoms with Gasteiger partial charge in [0, 0.05) is 0 Å². The molecule has 0 heterocycles. The predicted octanol–water partition coefficient (Wildman–Crippen LogP) is -0.765. The minimum absolute atomic E-state index is 0.138. The summed E-state index contributed by atoms with van der Waals surface area (Å²) in [6.07, 6.45) is -4.47. The van der Waals surface area contributed by atoms with E-state index < -0.39 is 24.1 Å². The molecule has 0 aliphatic carbocycles. The van der Waals surface area contributed by atoms with Gasteiger partial charge in [-0.05, 0) is 25.8 Å². The molecule has 1 amide bonds. The summed E-state index contributed by atoms with van der Waals surface area (Å²) in [6, 6.07) is -1.64. The molecule has 0 rings (SSSR count). The number of halogens is 3. The number of nitrogens with zero attached hydrogens (tertiary/aromatic N) is 1. The van der Waals surface area contributed by atoms with Gasteiger partial charge in [0.05, 0.1) is 40.2 Å². The molecular weight excluding hydrogens is 291 g/mol. The second kappa shape index (κ2) is 9.56. The van der Waals surface area contributed by atoms with Crippen LogP contribution in [0.25, 0.3) is 0 Å². The lowest BCUT2D eigenvalue weighted by Gasteiger charge is -2.20. The van der Waals surface area contributed by atoms with Crippen molar-refractivity contribution >= 4 is 11.9 Å². The fourth-order valence-corrected chi connectivity index (χ4v) is 0.982. The summed E-state index contributed by atoms with van der Waals surface area (Å²) < 4.78 is 36.4. The second-order valence-electron chi connectivity index (χ2n) is 5.81. The fourth-order valence-electron chi connectivity index (χ4n) is 0.982. The molecule has 126 valence electrons. The average molecular weight is 315 g/mol. The number of unbranched alkanes of at least 4 members (excludes halogenated alkanes) is 1. The highest BCUT2D eigenvalue weighted by Crippen LogP contribution is 2.15. The SMILES string of the molecule is C[N+](C)(C)C.NCCCC[C@H](NC(=O)C(F)(F)F)C(=O)[O-]. The number of carboxylic acids is 1. The van der Waals surface area contributed by atoms with Gasteiger partial charge in [0.2, 0.25) is 0 Å². The zero-order valence-electron chi connectivity index (χ0n) is 12.8. The first-order valence-corrected chi connectivity index (χ1v) is 6.36. The number of carboxylic acid groups (broad SMARTS) is 1. The van der Waals surface area contributed by atoms with E-state index in [1.807, 2.05) is 0 Å². The third kappa shape index (κ3) is 16.6. The number of hydrogen-bond acceptors (Lipinski definition) is 4. The molecule has 0 aromatic heterocycles. The van der Waals surface area contributed by atoms with Crippen LogP contribution in [0.3, 0.4) is 0 Å². The molecule has 0 aromatic rings. The summed E-state index contributed by atoms with van der Waals surface area (Å²) in [5.74, 6) is -4.02. The highest BCUT2D eigenvalue weighted by molar-refractivity contribution is 5.86. The van der Waals surface area contributed by atoms with E-state index in [2.05, 4.69) is 28.2 Å². The highest BCUT2D eigenvalue weighted by Gasteiger charge is 2.39. The standard InChI is InChI=1S/C8H13F3N2O3.C4H12N/c9-8(10,11)7(16)13-5(6(14)15)3-1-2-4-12;1-5(2,3)4/h5H,1-4,12H2,(H,13,16)(H,14,15);1-4H3/q;+1/p-1/t5-;/m0./s1. The number of quaternary nitrogens is 1. The van der Waals surface area contributed by atoms with Crippen molar-refractivity contribution in [2.75, 3.05) is 34.7 Å². The Morgan fingerprint density at radius 1 is 1.19 bits per heavy atom. The Balaban J connectivity index is 0. The summed E-state index contributed by atoms with van der Waals surface area (Å²) in [6.45, 7) is 0.299. The molecule has 0 aliphatic heterocycles. The van der Waals surface area contributed by atoms with E-state index in [0.717, 1.165) is 4.48 Å². The van der Waals surface area contributed by atoms with Gasteiger partial charge in [-0.3, -0.25) is 4.79 Å². The van der Waals surface area contributed by atoms with Gasteiger partial charge in [0.1, 0.15) is 0 Å². The van der Waals surface area contributed by atoms with Crippen molar-refractivity contribution in [2.24, 2.45) is 5.73 Å². The second-order valence-corrected chi connectivity index (χ2v) is 5.81. The normalized spacial score (nSPS) is 13.0. The summed E-state index contributed by atoms with van der Waals surface area (Å²) in [4.78, 5) is 20.9. The Bertz CT molecular complexity index is 322. The maximum atomic E-state index is 11.8. The minimum atomic E-state index is -5.10. The van der Waals surface area contributed by atoms with Crippen molar-refractivity contribution in [1.29, 1.82) is 0 Å². The van der Waals surface area contributed by atoms with Crippen LogP contribution in [0.1, 0.15) is 19.3 Å². The van der Waals surface area contributed by atoms with Gasteiger partial charge in [-0.2, -0.15) is 13.2 Å². The first-order valence-electron chi connectivity index (χ1n) is 6.36. The van der Waals surface area contributed by atoms with Crippen LogP contribution >= 0.6 is 0 Å². The van der Waals surface area contributed by atoms with E-state index in [4.69, 9.17) is 5.73 Å². The Morgan fingerprint density at radius 3 is 1.90 bits per heavy atom. The van der Waals surface area contributed by atoms with Gasteiger partial charge in [-0.15, -0.1) is 0 Å². The van der Waals surface area contributed by atoms with Crippen LogP contribution in [0.4, 0.5) is 13.2 Å². The van der Waals surface area contributed by atoms with Gasteiger partial charge >= 0.3 is 12.1 Å². The molecule has 0 aromatic carbocycles. The van der Waals surface area contributed by atoms with E-state index in [1.54, 1.807) is 0 Å². The van der Waals surface area contributed by atoms with Crippen LogP contribution in [-0.4, -0.2) is 63.3 Å². The maximum Gasteiger partial charge on any atom is 0.471 e. The van der Waals surface area contributed by atoms with E-state index in [0.29, 0.717) is 19.4 Å². The minimum Gasteiger partial charge on any atom is -0.548 e. The number of hydrogen-bond donors (Lipinski definition) is 2. The molecular formula is C12H24F3N3O3. The van der Waals surface area contributed by atoms with Crippen molar-refractivity contribution in [3.8, 4) is 0 Å².